The molecule has 0 saturated heterocycles. The number of rotatable bonds is 7. The molecule has 1 N–H and O–H groups in total. The minimum absolute atomic E-state index is 0.117. The third-order valence-corrected chi connectivity index (χ3v) is 4.91. The van der Waals surface area contributed by atoms with Crippen molar-refractivity contribution in [3.05, 3.63) is 63.2 Å². The van der Waals surface area contributed by atoms with Crippen LogP contribution < -0.4 is 10.1 Å². The Balaban J connectivity index is 2.13. The van der Waals surface area contributed by atoms with Crippen LogP contribution in [0.3, 0.4) is 0 Å². The first-order valence-electron chi connectivity index (χ1n) is 8.36. The van der Waals surface area contributed by atoms with Crippen molar-refractivity contribution in [1.29, 1.82) is 0 Å². The van der Waals surface area contributed by atoms with Gasteiger partial charge < -0.3 is 15.0 Å². The maximum atomic E-state index is 12.8. The highest BCUT2D eigenvalue weighted by Gasteiger charge is 2.26. The lowest BCUT2D eigenvalue weighted by atomic mass is 10.1. The van der Waals surface area contributed by atoms with E-state index in [0.717, 1.165) is 14.7 Å². The zero-order valence-electron chi connectivity index (χ0n) is 15.2. The Hall–Kier alpha value is -2.09. The van der Waals surface area contributed by atoms with Crippen LogP contribution in [0.15, 0.2) is 48.5 Å². The van der Waals surface area contributed by atoms with Gasteiger partial charge >= 0.3 is 0 Å². The van der Waals surface area contributed by atoms with Gasteiger partial charge in [-0.05, 0) is 71.8 Å². The molecule has 2 aromatic rings. The highest BCUT2D eigenvalue weighted by atomic mass is 127. The van der Waals surface area contributed by atoms with Crippen LogP contribution in [0.4, 0.5) is 0 Å². The van der Waals surface area contributed by atoms with E-state index in [-0.39, 0.29) is 18.4 Å². The van der Waals surface area contributed by atoms with E-state index in [0.29, 0.717) is 12.3 Å². The maximum absolute atomic E-state index is 12.8. The van der Waals surface area contributed by atoms with Crippen molar-refractivity contribution in [1.82, 2.24) is 10.2 Å². The number of aryl methyl sites for hydroxylation is 1. The van der Waals surface area contributed by atoms with Crippen molar-refractivity contribution in [2.45, 2.75) is 26.4 Å². The topological polar surface area (TPSA) is 58.6 Å². The van der Waals surface area contributed by atoms with Gasteiger partial charge in [-0.15, -0.1) is 0 Å². The van der Waals surface area contributed by atoms with Crippen LogP contribution in [0, 0.1) is 10.5 Å². The first kappa shape index (κ1) is 20.2. The number of amides is 2. The minimum Gasteiger partial charge on any atom is -0.484 e. The van der Waals surface area contributed by atoms with E-state index < -0.39 is 6.04 Å². The fourth-order valence-electron chi connectivity index (χ4n) is 2.52. The smallest absolute Gasteiger partial charge is 0.261 e. The number of likely N-dealkylation sites (N-methyl/N-ethyl adjacent to an activating group) is 1. The highest BCUT2D eigenvalue weighted by Crippen LogP contribution is 2.16. The number of ether oxygens (including phenoxy) is 1. The molecule has 0 heterocycles. The maximum Gasteiger partial charge on any atom is 0.261 e. The molecule has 0 fully saturated rings. The predicted octanol–water partition coefficient (Wildman–Crippen LogP) is 3.14. The largest absolute Gasteiger partial charge is 0.484 e. The second-order valence-electron chi connectivity index (χ2n) is 5.98. The van der Waals surface area contributed by atoms with Crippen molar-refractivity contribution in [2.75, 3.05) is 13.7 Å². The Morgan fingerprint density at radius 3 is 2.42 bits per heavy atom. The van der Waals surface area contributed by atoms with Crippen LogP contribution in [0.25, 0.3) is 0 Å². The third kappa shape index (κ3) is 5.45. The minimum atomic E-state index is -0.590. The van der Waals surface area contributed by atoms with E-state index in [1.165, 1.54) is 0 Å². The molecule has 138 valence electrons. The predicted molar refractivity (Wildman–Crippen MR) is 110 cm³/mol. The van der Waals surface area contributed by atoms with Gasteiger partial charge in [0.2, 0.25) is 5.91 Å². The van der Waals surface area contributed by atoms with E-state index >= 15 is 0 Å². The van der Waals surface area contributed by atoms with Crippen molar-refractivity contribution in [2.24, 2.45) is 0 Å². The van der Waals surface area contributed by atoms with Crippen molar-refractivity contribution < 1.29 is 14.3 Å². The molecule has 1 atom stereocenters. The average Bonchev–Trinajstić information content (AvgIpc) is 2.65. The molecule has 26 heavy (non-hydrogen) atoms. The molecule has 0 aliphatic carbocycles. The normalized spacial score (nSPS) is 11.5. The molecule has 0 spiro atoms. The lowest BCUT2D eigenvalue weighted by Gasteiger charge is -2.28. The highest BCUT2D eigenvalue weighted by molar-refractivity contribution is 14.1. The molecule has 2 rings (SSSR count). The first-order chi connectivity index (χ1) is 12.4. The van der Waals surface area contributed by atoms with Gasteiger partial charge in [0, 0.05) is 17.2 Å². The Morgan fingerprint density at radius 1 is 1.15 bits per heavy atom. The van der Waals surface area contributed by atoms with Crippen molar-refractivity contribution in [3.63, 3.8) is 0 Å². The Kier molecular flexibility index (Phi) is 7.44. The summed E-state index contributed by atoms with van der Waals surface area (Å²) < 4.78 is 6.70. The van der Waals surface area contributed by atoms with E-state index in [9.17, 15) is 9.59 Å². The van der Waals surface area contributed by atoms with E-state index in [1.54, 1.807) is 18.9 Å². The van der Waals surface area contributed by atoms with Gasteiger partial charge in [-0.3, -0.25) is 9.59 Å². The molecule has 0 aromatic heterocycles. The second-order valence-corrected chi connectivity index (χ2v) is 7.23. The summed E-state index contributed by atoms with van der Waals surface area (Å²) in [7, 11) is 1.57. The molecule has 0 aliphatic rings. The summed E-state index contributed by atoms with van der Waals surface area (Å²) in [5, 5.41) is 2.61. The van der Waals surface area contributed by atoms with Gasteiger partial charge in [0.15, 0.2) is 6.61 Å². The van der Waals surface area contributed by atoms with Crippen LogP contribution in [-0.2, 0) is 16.1 Å². The van der Waals surface area contributed by atoms with Crippen LogP contribution in [-0.4, -0.2) is 36.4 Å². The molecule has 0 saturated carbocycles. The molecule has 5 nitrogen and oxygen atoms in total. The third-order valence-electron chi connectivity index (χ3n) is 4.19. The SMILES string of the molecule is CNC(=O)C(C)N(Cc1ccccc1C)C(=O)COc1ccc(I)cc1. The van der Waals surface area contributed by atoms with Crippen LogP contribution >= 0.6 is 22.6 Å². The lowest BCUT2D eigenvalue weighted by molar-refractivity contribution is -0.142. The average molecular weight is 466 g/mol. The monoisotopic (exact) mass is 466 g/mol. The van der Waals surface area contributed by atoms with E-state index in [1.807, 2.05) is 55.5 Å². The van der Waals surface area contributed by atoms with Crippen molar-refractivity contribution in [3.8, 4) is 5.75 Å². The fraction of sp³-hybridized carbons (Fsp3) is 0.300. The van der Waals surface area contributed by atoms with Gasteiger partial charge in [-0.25, -0.2) is 0 Å². The van der Waals surface area contributed by atoms with Gasteiger partial charge in [-0.2, -0.15) is 0 Å². The zero-order valence-corrected chi connectivity index (χ0v) is 17.3. The molecular weight excluding hydrogens is 443 g/mol. The fourth-order valence-corrected chi connectivity index (χ4v) is 2.88. The molecule has 0 aliphatic heterocycles. The summed E-state index contributed by atoms with van der Waals surface area (Å²) in [6, 6.07) is 14.7. The molecule has 2 amide bonds. The number of hydrogen-bond donors (Lipinski definition) is 1. The molecule has 1 unspecified atom stereocenters. The number of benzene rings is 2. The molecule has 0 radical (unpaired) electrons. The van der Waals surface area contributed by atoms with Gasteiger partial charge in [0.1, 0.15) is 11.8 Å². The van der Waals surface area contributed by atoms with Crippen LogP contribution in [0.1, 0.15) is 18.1 Å². The zero-order chi connectivity index (χ0) is 19.1. The molecule has 0 bridgehead atoms. The number of hydrogen-bond acceptors (Lipinski definition) is 3. The number of nitrogens with one attached hydrogen (secondary N) is 1. The summed E-state index contributed by atoms with van der Waals surface area (Å²) in [6.07, 6.45) is 0. The van der Waals surface area contributed by atoms with E-state index in [2.05, 4.69) is 27.9 Å². The van der Waals surface area contributed by atoms with Crippen LogP contribution in [0.5, 0.6) is 5.75 Å². The number of carbonyl (C=O) groups excluding carboxylic acids is 2. The number of nitrogens with zero attached hydrogens (tertiary/aromatic N) is 1. The van der Waals surface area contributed by atoms with Gasteiger partial charge in [-0.1, -0.05) is 24.3 Å². The molecule has 2 aromatic carbocycles. The van der Waals surface area contributed by atoms with Gasteiger partial charge in [0.05, 0.1) is 0 Å². The lowest BCUT2D eigenvalue weighted by Crippen LogP contribution is -2.48. The molecule has 6 heteroatoms. The Bertz CT molecular complexity index is 762. The van der Waals surface area contributed by atoms with Gasteiger partial charge in [0.25, 0.3) is 5.91 Å². The summed E-state index contributed by atoms with van der Waals surface area (Å²) in [5.41, 5.74) is 2.08. The number of carbonyl (C=O) groups is 2. The first-order valence-corrected chi connectivity index (χ1v) is 9.44. The second kappa shape index (κ2) is 9.56. The quantitative estimate of drug-likeness (QED) is 0.639. The van der Waals surface area contributed by atoms with Crippen molar-refractivity contribution >= 4 is 34.4 Å². The van der Waals surface area contributed by atoms with Crippen LogP contribution in [0.2, 0.25) is 0 Å². The summed E-state index contributed by atoms with van der Waals surface area (Å²) >= 11 is 2.21. The number of halogens is 1. The summed E-state index contributed by atoms with van der Waals surface area (Å²) in [4.78, 5) is 26.4. The molecular formula is C20H23IN2O3. The summed E-state index contributed by atoms with van der Waals surface area (Å²) in [5.74, 6) is 0.186. The Morgan fingerprint density at radius 2 is 1.81 bits per heavy atom. The summed E-state index contributed by atoms with van der Waals surface area (Å²) in [6.45, 7) is 3.95. The Labute approximate surface area is 167 Å². The van der Waals surface area contributed by atoms with E-state index in [4.69, 9.17) is 4.74 Å². The standard InChI is InChI=1S/C20H23IN2O3/c1-14-6-4-5-7-16(14)12-23(15(2)20(25)22-3)19(24)13-26-18-10-8-17(21)9-11-18/h4-11,15H,12-13H2,1-3H3,(H,22,25).